The van der Waals surface area contributed by atoms with Crippen molar-refractivity contribution in [2.24, 2.45) is 7.05 Å². The van der Waals surface area contributed by atoms with E-state index in [9.17, 15) is 14.7 Å². The minimum absolute atomic E-state index is 0.0752. The van der Waals surface area contributed by atoms with E-state index in [1.54, 1.807) is 12.0 Å². The number of carboxylic acids is 1. The number of methoxy groups -OCH3 is 1. The summed E-state index contributed by atoms with van der Waals surface area (Å²) < 4.78 is 6.46. The van der Waals surface area contributed by atoms with Crippen LogP contribution in [0.2, 0.25) is 0 Å². The van der Waals surface area contributed by atoms with Crippen LogP contribution in [0.3, 0.4) is 0 Å². The summed E-state index contributed by atoms with van der Waals surface area (Å²) in [5, 5.41) is 13.2. The molecule has 3 rings (SSSR count). The minimum atomic E-state index is -1.15. The Hall–Kier alpha value is -2.87. The molecule has 2 heterocycles. The van der Waals surface area contributed by atoms with E-state index in [4.69, 9.17) is 4.74 Å². The molecule has 8 heteroatoms. The van der Waals surface area contributed by atoms with Gasteiger partial charge in [0.05, 0.1) is 18.9 Å². The fourth-order valence-corrected chi connectivity index (χ4v) is 3.16. The van der Waals surface area contributed by atoms with Gasteiger partial charge in [0.2, 0.25) is 0 Å². The molecule has 0 radical (unpaired) electrons. The molecule has 8 nitrogen and oxygen atoms in total. The summed E-state index contributed by atoms with van der Waals surface area (Å²) in [4.78, 5) is 28.0. The van der Waals surface area contributed by atoms with E-state index in [1.165, 1.54) is 17.9 Å². The summed E-state index contributed by atoms with van der Waals surface area (Å²) in [5.74, 6) is -0.601. The number of carboxylic acid groups (broad SMARTS) is 1. The van der Waals surface area contributed by atoms with Crippen molar-refractivity contribution in [3.8, 4) is 5.75 Å². The Labute approximate surface area is 151 Å². The lowest BCUT2D eigenvalue weighted by Gasteiger charge is -2.34. The maximum atomic E-state index is 12.7. The largest absolute Gasteiger partial charge is 0.497 e. The molecule has 26 heavy (non-hydrogen) atoms. The van der Waals surface area contributed by atoms with E-state index in [2.05, 4.69) is 16.1 Å². The van der Waals surface area contributed by atoms with Gasteiger partial charge in [0.25, 0.3) is 5.91 Å². The Kier molecular flexibility index (Phi) is 5.22. The molecule has 0 spiro atoms. The molecular weight excluding hydrogens is 336 g/mol. The summed E-state index contributed by atoms with van der Waals surface area (Å²) in [6.07, 6.45) is 1.33. The molecular formula is C18H22N4O4. The van der Waals surface area contributed by atoms with Crippen LogP contribution in [0.5, 0.6) is 5.75 Å². The number of ether oxygens (including phenoxy) is 1. The van der Waals surface area contributed by atoms with Crippen LogP contribution in [-0.4, -0.2) is 69.9 Å². The number of amides is 1. The monoisotopic (exact) mass is 358 g/mol. The molecule has 0 saturated carbocycles. The number of aromatic carboxylic acids is 1. The molecule has 0 aliphatic carbocycles. The van der Waals surface area contributed by atoms with Crippen molar-refractivity contribution < 1.29 is 19.4 Å². The average molecular weight is 358 g/mol. The summed E-state index contributed by atoms with van der Waals surface area (Å²) >= 11 is 0. The van der Waals surface area contributed by atoms with Gasteiger partial charge < -0.3 is 14.7 Å². The van der Waals surface area contributed by atoms with Crippen molar-refractivity contribution in [3.05, 3.63) is 47.3 Å². The fourth-order valence-electron chi connectivity index (χ4n) is 3.16. The quantitative estimate of drug-likeness (QED) is 0.861. The predicted octanol–water partition coefficient (Wildman–Crippen LogP) is 1.08. The molecule has 1 aliphatic rings. The van der Waals surface area contributed by atoms with Gasteiger partial charge in [0.15, 0.2) is 5.69 Å². The number of rotatable bonds is 5. The minimum Gasteiger partial charge on any atom is -0.497 e. The van der Waals surface area contributed by atoms with Gasteiger partial charge in [-0.3, -0.25) is 14.4 Å². The average Bonchev–Trinajstić information content (AvgIpc) is 3.03. The van der Waals surface area contributed by atoms with E-state index in [0.29, 0.717) is 13.1 Å². The molecule has 1 amide bonds. The fraction of sp³-hybridized carbons (Fsp3) is 0.389. The number of benzene rings is 1. The molecule has 1 aromatic carbocycles. The second kappa shape index (κ2) is 7.57. The van der Waals surface area contributed by atoms with E-state index >= 15 is 0 Å². The highest BCUT2D eigenvalue weighted by Crippen LogP contribution is 2.17. The van der Waals surface area contributed by atoms with Crippen molar-refractivity contribution in [2.75, 3.05) is 33.3 Å². The van der Waals surface area contributed by atoms with Crippen LogP contribution < -0.4 is 4.74 Å². The molecule has 1 N–H and O–H groups in total. The Balaban J connectivity index is 1.61. The highest BCUT2D eigenvalue weighted by atomic mass is 16.5. The van der Waals surface area contributed by atoms with Crippen molar-refractivity contribution >= 4 is 11.9 Å². The maximum Gasteiger partial charge on any atom is 0.354 e. The number of carbonyl (C=O) groups excluding carboxylic acids is 1. The van der Waals surface area contributed by atoms with Gasteiger partial charge in [-0.1, -0.05) is 12.1 Å². The standard InChI is InChI=1S/C18H22N4O4/c1-20-16(18(24)25)15(11-19-20)17(23)22-8-6-21(7-9-22)12-13-4-3-5-14(10-13)26-2/h3-5,10-11H,6-9,12H2,1-2H3,(H,24,25). The summed E-state index contributed by atoms with van der Waals surface area (Å²) in [5.41, 5.74) is 1.22. The van der Waals surface area contributed by atoms with Gasteiger partial charge in [0, 0.05) is 39.8 Å². The highest BCUT2D eigenvalue weighted by Gasteiger charge is 2.28. The highest BCUT2D eigenvalue weighted by molar-refractivity contribution is 6.03. The van der Waals surface area contributed by atoms with Crippen LogP contribution in [0, 0.1) is 0 Å². The van der Waals surface area contributed by atoms with Crippen LogP contribution in [0.1, 0.15) is 26.4 Å². The van der Waals surface area contributed by atoms with Gasteiger partial charge in [-0.15, -0.1) is 0 Å². The van der Waals surface area contributed by atoms with Gasteiger partial charge >= 0.3 is 5.97 Å². The maximum absolute atomic E-state index is 12.7. The van der Waals surface area contributed by atoms with Crippen molar-refractivity contribution in [3.63, 3.8) is 0 Å². The number of carbonyl (C=O) groups is 2. The molecule has 1 saturated heterocycles. The molecule has 1 aliphatic heterocycles. The van der Waals surface area contributed by atoms with Crippen molar-refractivity contribution in [2.45, 2.75) is 6.54 Å². The molecule has 138 valence electrons. The van der Waals surface area contributed by atoms with Crippen LogP contribution in [0.15, 0.2) is 30.5 Å². The predicted molar refractivity (Wildman–Crippen MR) is 94.3 cm³/mol. The second-order valence-corrected chi connectivity index (χ2v) is 6.26. The smallest absolute Gasteiger partial charge is 0.354 e. The summed E-state index contributed by atoms with van der Waals surface area (Å²) in [6.45, 7) is 3.34. The van der Waals surface area contributed by atoms with Crippen LogP contribution in [0.4, 0.5) is 0 Å². The molecule has 1 aromatic heterocycles. The molecule has 1 fully saturated rings. The van der Waals surface area contributed by atoms with E-state index in [1.807, 2.05) is 18.2 Å². The van der Waals surface area contributed by atoms with Crippen LogP contribution in [0.25, 0.3) is 0 Å². The number of aromatic nitrogens is 2. The van der Waals surface area contributed by atoms with Crippen LogP contribution >= 0.6 is 0 Å². The SMILES string of the molecule is COc1cccc(CN2CCN(C(=O)c3cnn(C)c3C(=O)O)CC2)c1. The number of aryl methyl sites for hydroxylation is 1. The van der Waals surface area contributed by atoms with Gasteiger partial charge in [-0.25, -0.2) is 4.79 Å². The first-order valence-corrected chi connectivity index (χ1v) is 8.39. The van der Waals surface area contributed by atoms with E-state index < -0.39 is 5.97 Å². The molecule has 2 aromatic rings. The third kappa shape index (κ3) is 3.70. The van der Waals surface area contributed by atoms with Crippen molar-refractivity contribution in [1.82, 2.24) is 19.6 Å². The van der Waals surface area contributed by atoms with Gasteiger partial charge in [-0.2, -0.15) is 5.10 Å². The van der Waals surface area contributed by atoms with E-state index in [-0.39, 0.29) is 17.2 Å². The first kappa shape index (κ1) is 17.9. The number of hydrogen-bond donors (Lipinski definition) is 1. The Morgan fingerprint density at radius 2 is 1.96 bits per heavy atom. The van der Waals surface area contributed by atoms with Gasteiger partial charge in [0.1, 0.15) is 5.75 Å². The lowest BCUT2D eigenvalue weighted by molar-refractivity contribution is 0.0606. The zero-order valence-corrected chi connectivity index (χ0v) is 14.9. The zero-order chi connectivity index (χ0) is 18.7. The number of hydrogen-bond acceptors (Lipinski definition) is 5. The second-order valence-electron chi connectivity index (χ2n) is 6.26. The Morgan fingerprint density at radius 1 is 1.23 bits per heavy atom. The van der Waals surface area contributed by atoms with Gasteiger partial charge in [-0.05, 0) is 17.7 Å². The summed E-state index contributed by atoms with van der Waals surface area (Å²) in [7, 11) is 3.17. The zero-order valence-electron chi connectivity index (χ0n) is 14.9. The lowest BCUT2D eigenvalue weighted by atomic mass is 10.1. The molecule has 0 bridgehead atoms. The summed E-state index contributed by atoms with van der Waals surface area (Å²) in [6, 6.07) is 7.93. The van der Waals surface area contributed by atoms with E-state index in [0.717, 1.165) is 30.9 Å². The van der Waals surface area contributed by atoms with Crippen LogP contribution in [-0.2, 0) is 13.6 Å². The molecule has 0 atom stereocenters. The number of nitrogens with zero attached hydrogens (tertiary/aromatic N) is 4. The third-order valence-corrected chi connectivity index (χ3v) is 4.57. The normalized spacial score (nSPS) is 15.1. The lowest BCUT2D eigenvalue weighted by Crippen LogP contribution is -2.48. The Bertz CT molecular complexity index is 809. The third-order valence-electron chi connectivity index (χ3n) is 4.57. The Morgan fingerprint density at radius 3 is 2.62 bits per heavy atom. The molecule has 0 unspecified atom stereocenters. The first-order chi connectivity index (χ1) is 12.5. The van der Waals surface area contributed by atoms with Crippen molar-refractivity contribution in [1.29, 1.82) is 0 Å². The topological polar surface area (TPSA) is 87.9 Å². The number of piperazine rings is 1. The first-order valence-electron chi connectivity index (χ1n) is 8.39.